The van der Waals surface area contributed by atoms with Crippen LogP contribution < -0.4 is 0 Å². The van der Waals surface area contributed by atoms with Gasteiger partial charge in [-0.25, -0.2) is 0 Å². The summed E-state index contributed by atoms with van der Waals surface area (Å²) in [6.07, 6.45) is 1.14. The van der Waals surface area contributed by atoms with Crippen molar-refractivity contribution in [3.8, 4) is 0 Å². The maximum Gasteiger partial charge on any atom is 0 e. The smallest absolute Gasteiger partial charge is 0 e. The molecule has 0 aromatic rings. The molecule has 0 bridgehead atoms. The molecule has 0 N–H and O–H groups in total. The predicted octanol–water partition coefficient (Wildman–Crippen LogP) is 2.31. The van der Waals surface area contributed by atoms with E-state index in [1.54, 1.807) is 0 Å². The van der Waals surface area contributed by atoms with Gasteiger partial charge in [0, 0.05) is 65.4 Å². The molecule has 2 atom stereocenters. The molecule has 0 saturated heterocycles. The van der Waals surface area contributed by atoms with Gasteiger partial charge in [0.15, 0.2) is 0 Å². The van der Waals surface area contributed by atoms with Crippen molar-refractivity contribution in [1.29, 1.82) is 0 Å². The Bertz CT molecular complexity index is 36.2. The van der Waals surface area contributed by atoms with E-state index in [1.165, 1.54) is 0 Å². The van der Waals surface area contributed by atoms with Gasteiger partial charge in [0.1, 0.15) is 0 Å². The van der Waals surface area contributed by atoms with Crippen molar-refractivity contribution in [2.45, 2.75) is 20.3 Å². The van der Waals surface area contributed by atoms with Gasteiger partial charge in [-0.05, 0) is 0 Å². The Balaban J connectivity index is -0.000000180. The van der Waals surface area contributed by atoms with Gasteiger partial charge in [-0.1, -0.05) is 13.8 Å². The first-order chi connectivity index (χ1) is 3.13. The summed E-state index contributed by atoms with van der Waals surface area (Å²) in [5.74, 6) is 1.12. The van der Waals surface area contributed by atoms with Gasteiger partial charge in [0.05, 0.1) is 0 Å². The van der Waals surface area contributed by atoms with Crippen molar-refractivity contribution in [1.82, 2.24) is 0 Å². The molecule has 0 aromatic carbocycles. The molecule has 0 nitrogen and oxygen atoms in total. The minimum atomic E-state index is 0. The van der Waals surface area contributed by atoms with Crippen molar-refractivity contribution in [2.75, 3.05) is 0 Å². The van der Waals surface area contributed by atoms with E-state index < -0.39 is 0 Å². The van der Waals surface area contributed by atoms with Crippen LogP contribution in [0.4, 0.5) is 0 Å². The van der Waals surface area contributed by atoms with Crippen LogP contribution in [0.2, 0.25) is 0 Å². The molecule has 0 spiro atoms. The largest absolute Gasteiger partial charge is 0.341 e. The molecular weight excluding hydrogens is 262 g/mol. The van der Waals surface area contributed by atoms with E-state index in [2.05, 4.69) is 27.7 Å². The first-order valence-corrected chi connectivity index (χ1v) is 2.79. The Kier molecular flexibility index (Phi) is 19.7. The van der Waals surface area contributed by atoms with E-state index in [0.29, 0.717) is 11.8 Å². The van der Waals surface area contributed by atoms with Gasteiger partial charge < -0.3 is 13.8 Å². The van der Waals surface area contributed by atoms with E-state index in [4.69, 9.17) is 0 Å². The second kappa shape index (κ2) is 10.2. The van der Waals surface area contributed by atoms with Gasteiger partial charge in [0.2, 0.25) is 0 Å². The Morgan fingerprint density at radius 3 is 1.22 bits per heavy atom. The fraction of sp³-hybridized carbons (Fsp3) is 0.714. The van der Waals surface area contributed by atoms with E-state index in [0.717, 1.165) is 6.42 Å². The number of hydrogen-bond acceptors (Lipinski definition) is 0. The summed E-state index contributed by atoms with van der Waals surface area (Å²) >= 11 is 0. The summed E-state index contributed by atoms with van der Waals surface area (Å²) in [6.45, 7) is 11.9. The Hall–Kier alpha value is 2.21. The standard InChI is InChI=1S/C7H14.2Y/c1-6(2)5-7(3)4;;/h6-7H,1,3,5H2,2,4H3;;/q-2;;. The summed E-state index contributed by atoms with van der Waals surface area (Å²) < 4.78 is 0. The predicted molar refractivity (Wildman–Crippen MR) is 33.7 cm³/mol. The van der Waals surface area contributed by atoms with Crippen molar-refractivity contribution in [2.24, 2.45) is 11.8 Å². The molecule has 0 aromatic heterocycles. The average Bonchev–Trinajstić information content (AvgIpc) is 1.27. The Morgan fingerprint density at radius 2 is 1.22 bits per heavy atom. The third kappa shape index (κ3) is 17.8. The molecule has 9 heavy (non-hydrogen) atoms. The van der Waals surface area contributed by atoms with Crippen LogP contribution in [0, 0.1) is 25.7 Å². The molecule has 0 aliphatic rings. The van der Waals surface area contributed by atoms with Crippen LogP contribution in [-0.4, -0.2) is 0 Å². The summed E-state index contributed by atoms with van der Waals surface area (Å²) in [5, 5.41) is 0. The van der Waals surface area contributed by atoms with Crippen molar-refractivity contribution >= 4 is 0 Å². The molecule has 0 amide bonds. The molecular formula is C7H14Y2-2. The fourth-order valence-corrected chi connectivity index (χ4v) is 0.687. The monoisotopic (exact) mass is 276 g/mol. The Morgan fingerprint density at radius 1 is 1.00 bits per heavy atom. The van der Waals surface area contributed by atoms with Crippen LogP contribution in [0.5, 0.6) is 0 Å². The van der Waals surface area contributed by atoms with Crippen LogP contribution in [0.1, 0.15) is 20.3 Å². The zero-order valence-corrected chi connectivity index (χ0v) is 12.1. The minimum absolute atomic E-state index is 0. The molecule has 2 unspecified atom stereocenters. The Labute approximate surface area is 110 Å². The van der Waals surface area contributed by atoms with Crippen molar-refractivity contribution in [3.63, 3.8) is 0 Å². The normalized spacial score (nSPS) is 14.7. The van der Waals surface area contributed by atoms with Crippen molar-refractivity contribution < 1.29 is 65.4 Å². The maximum absolute atomic E-state index is 3.84. The summed E-state index contributed by atoms with van der Waals surface area (Å²) in [7, 11) is 0. The second-order valence-corrected chi connectivity index (χ2v) is 2.45. The van der Waals surface area contributed by atoms with E-state index in [-0.39, 0.29) is 65.4 Å². The first-order valence-electron chi connectivity index (χ1n) is 2.79. The summed E-state index contributed by atoms with van der Waals surface area (Å²) in [5.41, 5.74) is 0. The van der Waals surface area contributed by atoms with E-state index in [9.17, 15) is 0 Å². The summed E-state index contributed by atoms with van der Waals surface area (Å²) in [4.78, 5) is 0. The summed E-state index contributed by atoms with van der Waals surface area (Å²) in [6, 6.07) is 0. The maximum atomic E-state index is 3.84. The SMILES string of the molecule is [CH2-]C(C)CC([CH2-])C.[Y].[Y]. The van der Waals surface area contributed by atoms with Crippen LogP contribution in [0.15, 0.2) is 0 Å². The zero-order valence-electron chi connectivity index (χ0n) is 6.43. The molecule has 2 radical (unpaired) electrons. The molecule has 0 aliphatic heterocycles. The van der Waals surface area contributed by atoms with Crippen molar-refractivity contribution in [3.05, 3.63) is 13.8 Å². The molecule has 2 heteroatoms. The molecule has 0 rings (SSSR count). The molecule has 0 saturated carbocycles. The third-order valence-electron chi connectivity index (χ3n) is 0.805. The first kappa shape index (κ1) is 17.3. The minimum Gasteiger partial charge on any atom is -0.341 e. The third-order valence-corrected chi connectivity index (χ3v) is 0.805. The van der Waals surface area contributed by atoms with Crippen LogP contribution in [0.3, 0.4) is 0 Å². The zero-order chi connectivity index (χ0) is 5.86. The fourth-order valence-electron chi connectivity index (χ4n) is 0.687. The second-order valence-electron chi connectivity index (χ2n) is 2.45. The average molecular weight is 276 g/mol. The topological polar surface area (TPSA) is 0 Å². The van der Waals surface area contributed by atoms with Crippen LogP contribution in [-0.2, 0) is 65.4 Å². The molecule has 0 aliphatic carbocycles. The van der Waals surface area contributed by atoms with E-state index in [1.807, 2.05) is 0 Å². The van der Waals surface area contributed by atoms with Gasteiger partial charge in [-0.2, -0.15) is 11.8 Å². The van der Waals surface area contributed by atoms with Gasteiger partial charge in [0.25, 0.3) is 0 Å². The molecule has 50 valence electrons. The van der Waals surface area contributed by atoms with Crippen LogP contribution in [0.25, 0.3) is 0 Å². The van der Waals surface area contributed by atoms with E-state index >= 15 is 0 Å². The van der Waals surface area contributed by atoms with Crippen LogP contribution >= 0.6 is 0 Å². The number of rotatable bonds is 2. The molecule has 0 fully saturated rings. The van der Waals surface area contributed by atoms with Gasteiger partial charge in [-0.15, -0.1) is 6.42 Å². The van der Waals surface area contributed by atoms with Gasteiger partial charge in [-0.3, -0.25) is 0 Å². The molecule has 0 heterocycles. The van der Waals surface area contributed by atoms with Gasteiger partial charge >= 0.3 is 0 Å². The number of hydrogen-bond donors (Lipinski definition) is 0. The quantitative estimate of drug-likeness (QED) is 0.679.